The number of benzene rings is 3. The Kier molecular flexibility index (Phi) is 8.86. The first-order chi connectivity index (χ1) is 18.2. The molecule has 4 rings (SSSR count). The van der Waals surface area contributed by atoms with Crippen molar-refractivity contribution in [2.24, 2.45) is 0 Å². The van der Waals surface area contributed by atoms with E-state index in [2.05, 4.69) is 34.7 Å². The third kappa shape index (κ3) is 7.02. The van der Waals surface area contributed by atoms with Crippen LogP contribution in [0.4, 0.5) is 8.78 Å². The molecule has 0 aliphatic carbocycles. The van der Waals surface area contributed by atoms with E-state index < -0.39 is 29.7 Å². The molecule has 0 radical (unpaired) electrons. The van der Waals surface area contributed by atoms with Gasteiger partial charge in [0.15, 0.2) is 11.5 Å². The summed E-state index contributed by atoms with van der Waals surface area (Å²) in [5.74, 6) is -1.19. The van der Waals surface area contributed by atoms with Crippen LogP contribution < -0.4 is 10.6 Å². The Morgan fingerprint density at radius 2 is 1.74 bits per heavy atom. The number of aromatic nitrogens is 1. The van der Waals surface area contributed by atoms with Gasteiger partial charge in [-0.05, 0) is 59.9 Å². The second-order valence-electron chi connectivity index (χ2n) is 9.82. The number of carbonyl (C=O) groups is 1. The summed E-state index contributed by atoms with van der Waals surface area (Å²) in [5.41, 5.74) is 4.10. The predicted octanol–water partition coefficient (Wildman–Crippen LogP) is 5.28. The zero-order chi connectivity index (χ0) is 27.2. The van der Waals surface area contributed by atoms with E-state index in [-0.39, 0.29) is 18.9 Å². The molecule has 6 nitrogen and oxygen atoms in total. The van der Waals surface area contributed by atoms with Crippen molar-refractivity contribution in [2.75, 3.05) is 6.54 Å². The third-order valence-corrected chi connectivity index (χ3v) is 6.40. The lowest BCUT2D eigenvalue weighted by atomic mass is 10.00. The number of amides is 1. The van der Waals surface area contributed by atoms with E-state index in [1.54, 1.807) is 18.2 Å². The summed E-state index contributed by atoms with van der Waals surface area (Å²) >= 11 is 0. The molecule has 200 valence electrons. The SMILES string of the molecule is CCc1cccc(CNC[C@@H](O)[C@H](Cc2cc(F)cc(F)c2)NC(=O)c2ccc3oc(C(C)C)nc3c2)c1. The molecular formula is C30H33F2N3O3. The first-order valence-corrected chi connectivity index (χ1v) is 12.8. The first-order valence-electron chi connectivity index (χ1n) is 12.8. The monoisotopic (exact) mass is 521 g/mol. The van der Waals surface area contributed by atoms with Crippen molar-refractivity contribution in [3.63, 3.8) is 0 Å². The minimum Gasteiger partial charge on any atom is -0.440 e. The molecule has 0 saturated carbocycles. The van der Waals surface area contributed by atoms with Gasteiger partial charge in [-0.2, -0.15) is 0 Å². The molecule has 0 bridgehead atoms. The Balaban J connectivity index is 1.49. The van der Waals surface area contributed by atoms with Gasteiger partial charge in [0.05, 0.1) is 12.1 Å². The molecule has 8 heteroatoms. The quantitative estimate of drug-likeness (QED) is 0.250. The summed E-state index contributed by atoms with van der Waals surface area (Å²) in [4.78, 5) is 17.6. The summed E-state index contributed by atoms with van der Waals surface area (Å²) in [6, 6.07) is 15.5. The molecule has 3 aromatic carbocycles. The van der Waals surface area contributed by atoms with E-state index in [0.717, 1.165) is 18.1 Å². The number of hydrogen-bond acceptors (Lipinski definition) is 5. The molecular weight excluding hydrogens is 488 g/mol. The van der Waals surface area contributed by atoms with Crippen LogP contribution in [0.1, 0.15) is 59.6 Å². The Bertz CT molecular complexity index is 1380. The molecule has 38 heavy (non-hydrogen) atoms. The number of aryl methyl sites for hydroxylation is 1. The highest BCUT2D eigenvalue weighted by molar-refractivity contribution is 5.97. The van der Waals surface area contributed by atoms with Crippen LogP contribution in [0.15, 0.2) is 65.1 Å². The van der Waals surface area contributed by atoms with Gasteiger partial charge in [-0.1, -0.05) is 45.0 Å². The number of hydrogen-bond donors (Lipinski definition) is 3. The Hall–Kier alpha value is -3.62. The maximum absolute atomic E-state index is 13.8. The highest BCUT2D eigenvalue weighted by atomic mass is 19.1. The summed E-state index contributed by atoms with van der Waals surface area (Å²) in [6.07, 6.45) is -0.0608. The molecule has 3 N–H and O–H groups in total. The van der Waals surface area contributed by atoms with Crippen molar-refractivity contribution in [3.8, 4) is 0 Å². The second kappa shape index (κ2) is 12.3. The van der Waals surface area contributed by atoms with Crippen molar-refractivity contribution in [1.29, 1.82) is 0 Å². The fraction of sp³-hybridized carbons (Fsp3) is 0.333. The number of fused-ring (bicyclic) bond motifs is 1. The fourth-order valence-electron chi connectivity index (χ4n) is 4.32. The molecule has 0 aliphatic heterocycles. The van der Waals surface area contributed by atoms with Gasteiger partial charge < -0.3 is 20.2 Å². The van der Waals surface area contributed by atoms with Gasteiger partial charge in [0, 0.05) is 30.6 Å². The van der Waals surface area contributed by atoms with Crippen LogP contribution >= 0.6 is 0 Å². The van der Waals surface area contributed by atoms with Gasteiger partial charge in [-0.15, -0.1) is 0 Å². The van der Waals surface area contributed by atoms with Crippen molar-refractivity contribution in [2.45, 2.75) is 58.2 Å². The minimum atomic E-state index is -1.03. The molecule has 0 aliphatic rings. The van der Waals surface area contributed by atoms with Crippen molar-refractivity contribution in [3.05, 3.63) is 100 Å². The molecule has 0 spiro atoms. The maximum Gasteiger partial charge on any atom is 0.251 e. The Morgan fingerprint density at radius 1 is 1.00 bits per heavy atom. The molecule has 1 aromatic heterocycles. The number of aliphatic hydroxyl groups excluding tert-OH is 1. The third-order valence-electron chi connectivity index (χ3n) is 6.40. The van der Waals surface area contributed by atoms with E-state index in [9.17, 15) is 18.7 Å². The van der Waals surface area contributed by atoms with Gasteiger partial charge in [-0.25, -0.2) is 13.8 Å². The standard InChI is InChI=1S/C30H33F2N3O3/c1-4-19-6-5-7-20(10-19)16-33-17-27(36)25(13-21-11-23(31)15-24(32)12-21)34-29(37)22-8-9-28-26(14-22)35-30(38-28)18(2)3/h5-12,14-15,18,25,27,33,36H,4,13,16-17H2,1-3H3,(H,34,37)/t25-,27+/m0/s1. The summed E-state index contributed by atoms with van der Waals surface area (Å²) in [7, 11) is 0. The topological polar surface area (TPSA) is 87.4 Å². The average Bonchev–Trinajstić information content (AvgIpc) is 3.32. The molecule has 0 unspecified atom stereocenters. The highest BCUT2D eigenvalue weighted by Gasteiger charge is 2.23. The van der Waals surface area contributed by atoms with Crippen molar-refractivity contribution >= 4 is 17.0 Å². The maximum atomic E-state index is 13.8. The normalized spacial score (nSPS) is 13.1. The largest absolute Gasteiger partial charge is 0.440 e. The summed E-state index contributed by atoms with van der Waals surface area (Å²) < 4.78 is 33.4. The van der Waals surface area contributed by atoms with E-state index in [4.69, 9.17) is 4.42 Å². The predicted molar refractivity (Wildman–Crippen MR) is 143 cm³/mol. The average molecular weight is 522 g/mol. The fourth-order valence-corrected chi connectivity index (χ4v) is 4.32. The number of aliphatic hydroxyl groups is 1. The molecule has 4 aromatic rings. The minimum absolute atomic E-state index is 0.0400. The van der Waals surface area contributed by atoms with Crippen LogP contribution in [0.2, 0.25) is 0 Å². The first kappa shape index (κ1) is 27.4. The molecule has 2 atom stereocenters. The summed E-state index contributed by atoms with van der Waals surface area (Å²) in [5, 5.41) is 17.1. The van der Waals surface area contributed by atoms with E-state index >= 15 is 0 Å². The molecule has 0 saturated heterocycles. The van der Waals surface area contributed by atoms with Crippen LogP contribution in [-0.4, -0.2) is 34.7 Å². The van der Waals surface area contributed by atoms with E-state index in [1.807, 2.05) is 26.0 Å². The molecule has 1 amide bonds. The second-order valence-corrected chi connectivity index (χ2v) is 9.82. The van der Waals surface area contributed by atoms with Crippen LogP contribution in [0.3, 0.4) is 0 Å². The van der Waals surface area contributed by atoms with Crippen LogP contribution in [0.5, 0.6) is 0 Å². The van der Waals surface area contributed by atoms with Crippen molar-refractivity contribution < 1.29 is 23.1 Å². The van der Waals surface area contributed by atoms with Gasteiger partial charge >= 0.3 is 0 Å². The van der Waals surface area contributed by atoms with E-state index in [0.29, 0.717) is 34.7 Å². The Labute approximate surface area is 221 Å². The van der Waals surface area contributed by atoms with E-state index in [1.165, 1.54) is 17.7 Å². The lowest BCUT2D eigenvalue weighted by molar-refractivity contribution is 0.0830. The number of halogens is 2. The highest BCUT2D eigenvalue weighted by Crippen LogP contribution is 2.22. The lowest BCUT2D eigenvalue weighted by Gasteiger charge is -2.25. The van der Waals surface area contributed by atoms with Crippen molar-refractivity contribution in [1.82, 2.24) is 15.6 Å². The number of carbonyl (C=O) groups excluding carboxylic acids is 1. The van der Waals surface area contributed by atoms with Crippen LogP contribution in [0, 0.1) is 11.6 Å². The Morgan fingerprint density at radius 3 is 2.45 bits per heavy atom. The summed E-state index contributed by atoms with van der Waals surface area (Å²) in [6.45, 7) is 6.71. The zero-order valence-corrected chi connectivity index (χ0v) is 21.8. The number of rotatable bonds is 11. The zero-order valence-electron chi connectivity index (χ0n) is 21.8. The molecule has 0 fully saturated rings. The van der Waals surface area contributed by atoms with Gasteiger partial charge in [0.2, 0.25) is 0 Å². The lowest BCUT2D eigenvalue weighted by Crippen LogP contribution is -2.48. The van der Waals surface area contributed by atoms with Crippen LogP contribution in [0.25, 0.3) is 11.1 Å². The number of nitrogens with one attached hydrogen (secondary N) is 2. The van der Waals surface area contributed by atoms with Crippen LogP contribution in [-0.2, 0) is 19.4 Å². The van der Waals surface area contributed by atoms with Gasteiger partial charge in [0.1, 0.15) is 17.2 Å². The number of nitrogens with zero attached hydrogens (tertiary/aromatic N) is 1. The van der Waals surface area contributed by atoms with Gasteiger partial charge in [0.25, 0.3) is 5.91 Å². The number of oxazole rings is 1. The molecule has 1 heterocycles. The smallest absolute Gasteiger partial charge is 0.251 e. The van der Waals surface area contributed by atoms with Gasteiger partial charge in [-0.3, -0.25) is 4.79 Å².